The molecule has 1 aliphatic carbocycles. The smallest absolute Gasteiger partial charge is 0.266 e. The van der Waals surface area contributed by atoms with Crippen LogP contribution in [0.5, 0.6) is 5.75 Å². The third-order valence-electron chi connectivity index (χ3n) is 4.58. The van der Waals surface area contributed by atoms with Crippen LogP contribution in [-0.4, -0.2) is 17.1 Å². The minimum absolute atomic E-state index is 0.0862. The molecule has 1 fully saturated rings. The van der Waals surface area contributed by atoms with Gasteiger partial charge >= 0.3 is 0 Å². The minimum atomic E-state index is -0.412. The van der Waals surface area contributed by atoms with E-state index in [-0.39, 0.29) is 5.57 Å². The van der Waals surface area contributed by atoms with E-state index in [1.165, 1.54) is 25.7 Å². The molecule has 1 saturated carbocycles. The Balaban J connectivity index is 1.68. The number of nitrogens with one attached hydrogen (secondary N) is 1. The van der Waals surface area contributed by atoms with E-state index >= 15 is 0 Å². The highest BCUT2D eigenvalue weighted by Gasteiger charge is 2.16. The van der Waals surface area contributed by atoms with Gasteiger partial charge in [0.05, 0.1) is 6.61 Å². The van der Waals surface area contributed by atoms with E-state index in [1.807, 2.05) is 31.5 Å². The molecule has 0 radical (unpaired) electrons. The fraction of sp³-hybridized carbons (Fsp3) is 0.333. The van der Waals surface area contributed by atoms with Gasteiger partial charge in [-0.3, -0.25) is 4.79 Å². The quantitative estimate of drug-likeness (QED) is 0.614. The first-order valence-corrected chi connectivity index (χ1v) is 9.03. The molecule has 26 heavy (non-hydrogen) atoms. The highest BCUT2D eigenvalue weighted by molar-refractivity contribution is 6.09. The van der Waals surface area contributed by atoms with Crippen LogP contribution in [0.25, 0.3) is 6.08 Å². The second kappa shape index (κ2) is 8.39. The first-order chi connectivity index (χ1) is 12.7. The summed E-state index contributed by atoms with van der Waals surface area (Å²) in [5, 5.41) is 12.1. The maximum Gasteiger partial charge on any atom is 0.266 e. The zero-order chi connectivity index (χ0) is 18.4. The number of carbonyl (C=O) groups is 1. The van der Waals surface area contributed by atoms with Crippen molar-refractivity contribution in [2.75, 3.05) is 11.9 Å². The molecule has 1 amide bonds. The summed E-state index contributed by atoms with van der Waals surface area (Å²) in [6.45, 7) is 2.51. The molecule has 0 saturated heterocycles. The Morgan fingerprint density at radius 2 is 2.04 bits per heavy atom. The normalized spacial score (nSPS) is 14.8. The largest absolute Gasteiger partial charge is 0.494 e. The maximum atomic E-state index is 12.4. The van der Waals surface area contributed by atoms with Gasteiger partial charge in [-0.2, -0.15) is 5.26 Å². The number of anilines is 1. The Morgan fingerprint density at radius 3 is 2.69 bits per heavy atom. The Kier molecular flexibility index (Phi) is 5.75. The van der Waals surface area contributed by atoms with E-state index in [9.17, 15) is 10.1 Å². The molecule has 1 aliphatic rings. The average Bonchev–Trinajstić information content (AvgIpc) is 3.33. The SMILES string of the molecule is CCOc1ccc(NC(=O)/C(C#N)=C/c2ccn(C3CCCC3)c2)cc1. The van der Waals surface area contributed by atoms with Crippen LogP contribution in [-0.2, 0) is 4.79 Å². The first kappa shape index (κ1) is 17.8. The van der Waals surface area contributed by atoms with Crippen LogP contribution in [0.15, 0.2) is 48.3 Å². The van der Waals surface area contributed by atoms with Crippen molar-refractivity contribution in [2.45, 2.75) is 38.6 Å². The molecular formula is C21H23N3O2. The van der Waals surface area contributed by atoms with Gasteiger partial charge < -0.3 is 14.6 Å². The van der Waals surface area contributed by atoms with Crippen LogP contribution in [0.1, 0.15) is 44.2 Å². The average molecular weight is 349 g/mol. The van der Waals surface area contributed by atoms with Crippen LogP contribution in [0.2, 0.25) is 0 Å². The van der Waals surface area contributed by atoms with Crippen molar-refractivity contribution < 1.29 is 9.53 Å². The molecular weight excluding hydrogens is 326 g/mol. The number of nitriles is 1. The number of amides is 1. The third kappa shape index (κ3) is 4.34. The van der Waals surface area contributed by atoms with Crippen molar-refractivity contribution in [1.82, 2.24) is 4.57 Å². The lowest BCUT2D eigenvalue weighted by Crippen LogP contribution is -2.13. The predicted octanol–water partition coefficient (Wildman–Crippen LogP) is 4.55. The van der Waals surface area contributed by atoms with Crippen LogP contribution in [0, 0.1) is 11.3 Å². The maximum absolute atomic E-state index is 12.4. The summed E-state index contributed by atoms with van der Waals surface area (Å²) >= 11 is 0. The first-order valence-electron chi connectivity index (χ1n) is 9.03. The van der Waals surface area contributed by atoms with Gasteiger partial charge in [-0.1, -0.05) is 12.8 Å². The number of benzene rings is 1. The molecule has 5 nitrogen and oxygen atoms in total. The molecule has 2 aromatic rings. The number of aromatic nitrogens is 1. The van der Waals surface area contributed by atoms with Crippen molar-refractivity contribution in [2.24, 2.45) is 0 Å². The van der Waals surface area contributed by atoms with Gasteiger partial charge in [0.15, 0.2) is 0 Å². The lowest BCUT2D eigenvalue weighted by molar-refractivity contribution is -0.112. The zero-order valence-electron chi connectivity index (χ0n) is 14.9. The number of hydrogen-bond donors (Lipinski definition) is 1. The summed E-state index contributed by atoms with van der Waals surface area (Å²) in [4.78, 5) is 12.4. The molecule has 3 rings (SSSR count). The second-order valence-electron chi connectivity index (χ2n) is 6.41. The summed E-state index contributed by atoms with van der Waals surface area (Å²) in [6, 6.07) is 11.6. The molecule has 0 aliphatic heterocycles. The molecule has 0 atom stereocenters. The second-order valence-corrected chi connectivity index (χ2v) is 6.41. The molecule has 1 heterocycles. The third-order valence-corrected chi connectivity index (χ3v) is 4.58. The van der Waals surface area contributed by atoms with Crippen LogP contribution >= 0.6 is 0 Å². The molecule has 1 N–H and O–H groups in total. The van der Waals surface area contributed by atoms with Crippen molar-refractivity contribution in [3.8, 4) is 11.8 Å². The highest BCUT2D eigenvalue weighted by Crippen LogP contribution is 2.30. The number of ether oxygens (including phenoxy) is 1. The lowest BCUT2D eigenvalue weighted by Gasteiger charge is -2.10. The topological polar surface area (TPSA) is 67.0 Å². The van der Waals surface area contributed by atoms with Crippen molar-refractivity contribution in [3.05, 3.63) is 53.9 Å². The zero-order valence-corrected chi connectivity index (χ0v) is 14.9. The fourth-order valence-electron chi connectivity index (χ4n) is 3.26. The summed E-state index contributed by atoms with van der Waals surface area (Å²) in [5.41, 5.74) is 1.58. The molecule has 0 bridgehead atoms. The number of nitrogens with zero attached hydrogens (tertiary/aromatic N) is 2. The Labute approximate surface area is 153 Å². The monoisotopic (exact) mass is 349 g/mol. The molecule has 1 aromatic heterocycles. The summed E-state index contributed by atoms with van der Waals surface area (Å²) in [5.74, 6) is 0.333. The van der Waals surface area contributed by atoms with Gasteiger partial charge in [-0.05, 0) is 61.7 Å². The van der Waals surface area contributed by atoms with Crippen molar-refractivity contribution in [3.63, 3.8) is 0 Å². The molecule has 5 heteroatoms. The van der Waals surface area contributed by atoms with E-state index in [0.29, 0.717) is 18.3 Å². The van der Waals surface area contributed by atoms with Crippen LogP contribution in [0.4, 0.5) is 5.69 Å². The minimum Gasteiger partial charge on any atom is -0.494 e. The Morgan fingerprint density at radius 1 is 1.31 bits per heavy atom. The van der Waals surface area contributed by atoms with E-state index in [2.05, 4.69) is 9.88 Å². The van der Waals surface area contributed by atoms with Crippen molar-refractivity contribution >= 4 is 17.7 Å². The van der Waals surface area contributed by atoms with Crippen molar-refractivity contribution in [1.29, 1.82) is 5.26 Å². The Bertz CT molecular complexity index is 822. The highest BCUT2D eigenvalue weighted by atomic mass is 16.5. The van der Waals surface area contributed by atoms with E-state index in [0.717, 1.165) is 11.3 Å². The van der Waals surface area contributed by atoms with E-state index in [1.54, 1.807) is 30.3 Å². The predicted molar refractivity (Wildman–Crippen MR) is 102 cm³/mol. The van der Waals surface area contributed by atoms with Crippen LogP contribution < -0.4 is 10.1 Å². The van der Waals surface area contributed by atoms with Gasteiger partial charge in [0.1, 0.15) is 17.4 Å². The number of hydrogen-bond acceptors (Lipinski definition) is 3. The standard InChI is InChI=1S/C21H23N3O2/c1-2-26-20-9-7-18(8-10-20)23-21(25)17(14-22)13-16-11-12-24(15-16)19-5-3-4-6-19/h7-13,15,19H,2-6H2,1H3,(H,23,25)/b17-13+. The Hall–Kier alpha value is -3.00. The van der Waals surface area contributed by atoms with Gasteiger partial charge in [0.25, 0.3) is 5.91 Å². The molecule has 0 spiro atoms. The summed E-state index contributed by atoms with van der Waals surface area (Å²) in [7, 11) is 0. The van der Waals surface area contributed by atoms with Crippen LogP contribution in [0.3, 0.4) is 0 Å². The molecule has 134 valence electrons. The lowest BCUT2D eigenvalue weighted by atomic mass is 10.2. The number of carbonyl (C=O) groups excluding carboxylic acids is 1. The van der Waals surface area contributed by atoms with E-state index in [4.69, 9.17) is 4.74 Å². The van der Waals surface area contributed by atoms with Gasteiger partial charge in [-0.15, -0.1) is 0 Å². The molecule has 0 unspecified atom stereocenters. The fourth-order valence-corrected chi connectivity index (χ4v) is 3.26. The summed E-state index contributed by atoms with van der Waals surface area (Å²) in [6.07, 6.45) is 10.6. The van der Waals surface area contributed by atoms with Gasteiger partial charge in [0.2, 0.25) is 0 Å². The molecule has 1 aromatic carbocycles. The number of rotatable bonds is 6. The van der Waals surface area contributed by atoms with Gasteiger partial charge in [-0.25, -0.2) is 0 Å². The summed E-state index contributed by atoms with van der Waals surface area (Å²) < 4.78 is 7.57. The van der Waals surface area contributed by atoms with Gasteiger partial charge in [0, 0.05) is 24.1 Å². The van der Waals surface area contributed by atoms with E-state index < -0.39 is 5.91 Å².